The quantitative estimate of drug-likeness (QED) is 0.170. The fourth-order valence-electron chi connectivity index (χ4n) is 3.40. The highest BCUT2D eigenvalue weighted by molar-refractivity contribution is 6.11. The average Bonchev–Trinajstić information content (AvgIpc) is 3.51. The molecule has 7 N–H and O–H groups in total. The zero-order chi connectivity index (χ0) is 23.0. The van der Waals surface area contributed by atoms with E-state index in [0.717, 1.165) is 18.0 Å². The molecule has 11 heteroatoms. The number of benzene rings is 1. The van der Waals surface area contributed by atoms with Crippen LogP contribution in [0.3, 0.4) is 0 Å². The molecule has 2 heterocycles. The van der Waals surface area contributed by atoms with Gasteiger partial charge in [-0.1, -0.05) is 6.07 Å². The lowest BCUT2D eigenvalue weighted by Crippen LogP contribution is -2.26. The Balaban J connectivity index is 1.85. The maximum absolute atomic E-state index is 15.3. The van der Waals surface area contributed by atoms with Crippen molar-refractivity contribution in [2.75, 3.05) is 19.4 Å². The van der Waals surface area contributed by atoms with Crippen LogP contribution in [0.1, 0.15) is 28.8 Å². The van der Waals surface area contributed by atoms with Crippen LogP contribution in [0.15, 0.2) is 35.6 Å². The lowest BCUT2D eigenvalue weighted by molar-refractivity contribution is -0.117. The third kappa shape index (κ3) is 3.97. The minimum atomic E-state index is -0.611. The number of fused-ring (bicyclic) bond motifs is 1. The molecule has 0 unspecified atom stereocenters. The van der Waals surface area contributed by atoms with E-state index >= 15 is 4.39 Å². The molecule has 1 fully saturated rings. The first-order valence-electron chi connectivity index (χ1n) is 9.96. The molecule has 1 aromatic carbocycles. The molecule has 0 spiro atoms. The zero-order valence-corrected chi connectivity index (χ0v) is 17.6. The molecule has 4 rings (SSSR count). The molecule has 0 radical (unpaired) electrons. The number of amidine groups is 1. The van der Waals surface area contributed by atoms with Gasteiger partial charge in [0.25, 0.3) is 5.91 Å². The van der Waals surface area contributed by atoms with Crippen LogP contribution in [0.5, 0.6) is 0 Å². The summed E-state index contributed by atoms with van der Waals surface area (Å²) in [4.78, 5) is 32.0. The van der Waals surface area contributed by atoms with Gasteiger partial charge in [0.2, 0.25) is 5.91 Å². The van der Waals surface area contributed by atoms with Crippen molar-refractivity contribution in [1.29, 1.82) is 0 Å². The minimum Gasteiger partial charge on any atom is -0.382 e. The second-order valence-corrected chi connectivity index (χ2v) is 7.56. The molecular formula is C21H23FN8O2. The molecule has 1 aliphatic rings. The van der Waals surface area contributed by atoms with Gasteiger partial charge in [0.05, 0.1) is 16.6 Å². The molecule has 3 aromatic rings. The summed E-state index contributed by atoms with van der Waals surface area (Å²) in [5.41, 5.74) is 7.25. The number of hydrazone groups is 1. The van der Waals surface area contributed by atoms with Gasteiger partial charge >= 0.3 is 0 Å². The second kappa shape index (κ2) is 8.27. The molecule has 2 amide bonds. The number of nitrogens with two attached hydrogens (primary N) is 2. The van der Waals surface area contributed by atoms with Crippen LogP contribution in [0, 0.1) is 11.7 Å². The van der Waals surface area contributed by atoms with Gasteiger partial charge in [-0.25, -0.2) is 20.3 Å². The second-order valence-electron chi connectivity index (χ2n) is 7.56. The van der Waals surface area contributed by atoms with E-state index in [-0.39, 0.29) is 46.1 Å². The van der Waals surface area contributed by atoms with Crippen LogP contribution in [0.4, 0.5) is 10.2 Å². The number of hydrazine groups is 1. The molecule has 0 saturated heterocycles. The number of H-pyrrole nitrogens is 1. The number of halogens is 1. The summed E-state index contributed by atoms with van der Waals surface area (Å²) < 4.78 is 15.3. The standard InChI is InChI=1S/C21H23FN8O2/c1-25-21(32)14-9-26-19(28-20(31)10-6-7-10)17-13(14)8-15(27-17)11-4-3-5-12(16(11)22)18(23)29-30(2)24/h3-5,8-10,27H,6-7,24H2,1-2H3,(H2,23,29)(H,25,32)(H,26,28,31). The molecule has 32 heavy (non-hydrogen) atoms. The SMILES string of the molecule is CNC(=O)c1cnc(NC(=O)C2CC2)c2[nH]c(-c3cccc(/C(N)=N/N(C)N)c3F)cc12. The van der Waals surface area contributed by atoms with Crippen molar-refractivity contribution in [2.45, 2.75) is 12.8 Å². The average molecular weight is 438 g/mol. The number of aromatic nitrogens is 2. The van der Waals surface area contributed by atoms with Crippen molar-refractivity contribution in [2.24, 2.45) is 22.6 Å². The first kappa shape index (κ1) is 21.2. The van der Waals surface area contributed by atoms with Crippen LogP contribution in [0.25, 0.3) is 22.2 Å². The Morgan fingerprint density at radius 2 is 2.06 bits per heavy atom. The number of hydrogen-bond donors (Lipinski definition) is 5. The Labute approximate surface area is 182 Å². The number of aromatic amines is 1. The smallest absolute Gasteiger partial charge is 0.253 e. The van der Waals surface area contributed by atoms with E-state index in [1.54, 1.807) is 18.2 Å². The van der Waals surface area contributed by atoms with E-state index in [1.165, 1.54) is 26.4 Å². The fourth-order valence-corrected chi connectivity index (χ4v) is 3.40. The molecular weight excluding hydrogens is 415 g/mol. The van der Waals surface area contributed by atoms with Gasteiger partial charge in [-0.05, 0) is 31.0 Å². The number of nitrogens with zero attached hydrogens (tertiary/aromatic N) is 3. The number of pyridine rings is 1. The van der Waals surface area contributed by atoms with Crippen molar-refractivity contribution in [1.82, 2.24) is 20.4 Å². The lowest BCUT2D eigenvalue weighted by Gasteiger charge is -2.09. The number of amides is 2. The van der Waals surface area contributed by atoms with E-state index in [0.29, 0.717) is 16.6 Å². The molecule has 1 aliphatic carbocycles. The molecule has 0 bridgehead atoms. The van der Waals surface area contributed by atoms with E-state index in [4.69, 9.17) is 11.6 Å². The van der Waals surface area contributed by atoms with Gasteiger partial charge in [-0.15, -0.1) is 5.10 Å². The van der Waals surface area contributed by atoms with Crippen LogP contribution >= 0.6 is 0 Å². The van der Waals surface area contributed by atoms with Crippen LogP contribution in [-0.2, 0) is 4.79 Å². The number of nitrogens with one attached hydrogen (secondary N) is 3. The van der Waals surface area contributed by atoms with Crippen LogP contribution < -0.4 is 22.2 Å². The zero-order valence-electron chi connectivity index (χ0n) is 17.6. The summed E-state index contributed by atoms with van der Waals surface area (Å²) in [6, 6.07) is 6.33. The molecule has 0 aliphatic heterocycles. The van der Waals surface area contributed by atoms with Crippen molar-refractivity contribution in [3.05, 3.63) is 47.4 Å². The number of carbonyl (C=O) groups excluding carboxylic acids is 2. The fraction of sp³-hybridized carbons (Fsp3) is 0.238. The first-order valence-corrected chi connectivity index (χ1v) is 9.96. The molecule has 0 atom stereocenters. The Bertz CT molecular complexity index is 1250. The maximum Gasteiger partial charge on any atom is 0.253 e. The highest BCUT2D eigenvalue weighted by Crippen LogP contribution is 2.34. The number of hydrogen-bond acceptors (Lipinski definition) is 6. The predicted molar refractivity (Wildman–Crippen MR) is 119 cm³/mol. The van der Waals surface area contributed by atoms with Gasteiger partial charge in [0, 0.05) is 42.9 Å². The van der Waals surface area contributed by atoms with Crippen molar-refractivity contribution in [3.63, 3.8) is 0 Å². The number of carbonyl (C=O) groups is 2. The Morgan fingerprint density at radius 1 is 1.31 bits per heavy atom. The van der Waals surface area contributed by atoms with Gasteiger partial charge in [-0.2, -0.15) is 0 Å². The van der Waals surface area contributed by atoms with Crippen LogP contribution in [0.2, 0.25) is 0 Å². The van der Waals surface area contributed by atoms with E-state index < -0.39 is 5.82 Å². The van der Waals surface area contributed by atoms with E-state index in [1.807, 2.05) is 0 Å². The Kier molecular flexibility index (Phi) is 5.49. The minimum absolute atomic E-state index is 0.0306. The molecule has 2 aromatic heterocycles. The Hall–Kier alpha value is -3.99. The van der Waals surface area contributed by atoms with E-state index in [2.05, 4.69) is 25.7 Å². The van der Waals surface area contributed by atoms with Crippen molar-refractivity contribution >= 4 is 34.4 Å². The normalized spacial score (nSPS) is 13.8. The molecule has 166 valence electrons. The third-order valence-electron chi connectivity index (χ3n) is 5.16. The topological polar surface area (TPSA) is 155 Å². The number of anilines is 1. The first-order chi connectivity index (χ1) is 15.3. The lowest BCUT2D eigenvalue weighted by atomic mass is 10.1. The van der Waals surface area contributed by atoms with Crippen molar-refractivity contribution < 1.29 is 14.0 Å². The summed E-state index contributed by atoms with van der Waals surface area (Å²) in [6.45, 7) is 0. The summed E-state index contributed by atoms with van der Waals surface area (Å²) in [5, 5.41) is 10.7. The maximum atomic E-state index is 15.3. The predicted octanol–water partition coefficient (Wildman–Crippen LogP) is 1.50. The van der Waals surface area contributed by atoms with Gasteiger partial charge < -0.3 is 21.4 Å². The van der Waals surface area contributed by atoms with Gasteiger partial charge in [0.15, 0.2) is 11.7 Å². The number of rotatable bonds is 6. The largest absolute Gasteiger partial charge is 0.382 e. The highest BCUT2D eigenvalue weighted by atomic mass is 19.1. The summed E-state index contributed by atoms with van der Waals surface area (Å²) in [6.07, 6.45) is 3.05. The summed E-state index contributed by atoms with van der Waals surface area (Å²) in [7, 11) is 2.97. The highest BCUT2D eigenvalue weighted by Gasteiger charge is 2.30. The summed E-state index contributed by atoms with van der Waals surface area (Å²) >= 11 is 0. The van der Waals surface area contributed by atoms with E-state index in [9.17, 15) is 9.59 Å². The van der Waals surface area contributed by atoms with Crippen molar-refractivity contribution in [3.8, 4) is 11.3 Å². The Morgan fingerprint density at radius 3 is 2.72 bits per heavy atom. The molecule has 1 saturated carbocycles. The third-order valence-corrected chi connectivity index (χ3v) is 5.16. The summed E-state index contributed by atoms with van der Waals surface area (Å²) in [5.74, 6) is 4.54. The monoisotopic (exact) mass is 438 g/mol. The van der Waals surface area contributed by atoms with Crippen LogP contribution in [-0.4, -0.2) is 46.8 Å². The van der Waals surface area contributed by atoms with Gasteiger partial charge in [-0.3, -0.25) is 9.59 Å². The molecule has 10 nitrogen and oxygen atoms in total. The van der Waals surface area contributed by atoms with Gasteiger partial charge in [0.1, 0.15) is 5.82 Å².